The van der Waals surface area contributed by atoms with E-state index in [4.69, 9.17) is 10.8 Å². The Morgan fingerprint density at radius 3 is 2.48 bits per heavy atom. The van der Waals surface area contributed by atoms with Crippen LogP contribution < -0.4 is 11.1 Å². The van der Waals surface area contributed by atoms with Crippen molar-refractivity contribution in [3.63, 3.8) is 0 Å². The van der Waals surface area contributed by atoms with Crippen molar-refractivity contribution < 1.29 is 19.5 Å². The van der Waals surface area contributed by atoms with Crippen LogP contribution in [-0.2, 0) is 9.59 Å². The molecule has 4 N–H and O–H groups in total. The third-order valence-electron chi connectivity index (χ3n) is 3.58. The Labute approximate surface area is 128 Å². The van der Waals surface area contributed by atoms with Gasteiger partial charge in [-0.3, -0.25) is 9.59 Å². The van der Waals surface area contributed by atoms with E-state index in [0.29, 0.717) is 12.2 Å². The van der Waals surface area contributed by atoms with Gasteiger partial charge in [-0.25, -0.2) is 4.79 Å². The van der Waals surface area contributed by atoms with Gasteiger partial charge >= 0.3 is 12.0 Å². The minimum atomic E-state index is -1.04. The highest BCUT2D eigenvalue weighted by Gasteiger charge is 2.32. The van der Waals surface area contributed by atoms with Crippen LogP contribution in [0.3, 0.4) is 0 Å². The number of carbonyl (C=O) groups is 3. The molecule has 3 amide bonds. The van der Waals surface area contributed by atoms with Gasteiger partial charge < -0.3 is 21.1 Å². The molecule has 1 saturated carbocycles. The molecule has 1 unspecified atom stereocenters. The van der Waals surface area contributed by atoms with Crippen LogP contribution in [0.2, 0.25) is 0 Å². The largest absolute Gasteiger partial charge is 0.480 e. The van der Waals surface area contributed by atoms with Crippen LogP contribution in [0.5, 0.6) is 0 Å². The molecular formula is C13H23N3O4S. The van der Waals surface area contributed by atoms with Crippen molar-refractivity contribution in [2.24, 2.45) is 5.73 Å². The zero-order valence-corrected chi connectivity index (χ0v) is 13.0. The van der Waals surface area contributed by atoms with Gasteiger partial charge in [0.15, 0.2) is 0 Å². The topological polar surface area (TPSA) is 113 Å². The first-order valence-corrected chi connectivity index (χ1v) is 8.42. The maximum atomic E-state index is 12.6. The van der Waals surface area contributed by atoms with Crippen molar-refractivity contribution in [2.45, 2.75) is 44.2 Å². The predicted molar refractivity (Wildman–Crippen MR) is 81.1 cm³/mol. The molecule has 1 atom stereocenters. The summed E-state index contributed by atoms with van der Waals surface area (Å²) in [5.41, 5.74) is 5.11. The van der Waals surface area contributed by atoms with Crippen LogP contribution in [0, 0.1) is 0 Å². The number of nitrogens with one attached hydrogen (secondary N) is 1. The van der Waals surface area contributed by atoms with Crippen molar-refractivity contribution in [1.29, 1.82) is 0 Å². The van der Waals surface area contributed by atoms with Crippen LogP contribution in [0.4, 0.5) is 4.79 Å². The number of rotatable bonds is 8. The number of urea groups is 1. The van der Waals surface area contributed by atoms with Crippen molar-refractivity contribution in [2.75, 3.05) is 18.6 Å². The van der Waals surface area contributed by atoms with Crippen molar-refractivity contribution >= 4 is 29.7 Å². The number of nitrogens with two attached hydrogens (primary N) is 1. The normalized spacial score (nSPS) is 16.4. The predicted octanol–water partition coefficient (Wildman–Crippen LogP) is 0.632. The molecule has 0 aromatic heterocycles. The summed E-state index contributed by atoms with van der Waals surface area (Å²) >= 11 is 1.55. The molecule has 0 aliphatic heterocycles. The highest BCUT2D eigenvalue weighted by atomic mass is 32.2. The molecule has 0 aromatic rings. The van der Waals surface area contributed by atoms with Crippen molar-refractivity contribution in [1.82, 2.24) is 10.2 Å². The van der Waals surface area contributed by atoms with Gasteiger partial charge in [0.05, 0.1) is 0 Å². The number of thioether (sulfide) groups is 1. The number of nitrogens with zero attached hydrogens (tertiary/aromatic N) is 1. The number of carboxylic acids is 1. The standard InChI is InChI=1S/C13H23N3O4S/c1-21-7-6-10(15-13(14)20)12(19)16(8-11(17)18)9-4-2-3-5-9/h9-10H,2-8H2,1H3,(H,17,18)(H3,14,15,20). The summed E-state index contributed by atoms with van der Waals surface area (Å²) in [4.78, 5) is 36.1. The molecule has 1 aliphatic carbocycles. The van der Waals surface area contributed by atoms with Crippen LogP contribution in [0.25, 0.3) is 0 Å². The van der Waals surface area contributed by atoms with E-state index >= 15 is 0 Å². The van der Waals surface area contributed by atoms with E-state index < -0.39 is 18.0 Å². The molecule has 0 saturated heterocycles. The Balaban J connectivity index is 2.81. The average molecular weight is 317 g/mol. The summed E-state index contributed by atoms with van der Waals surface area (Å²) < 4.78 is 0. The number of amides is 3. The number of hydrogen-bond acceptors (Lipinski definition) is 4. The van der Waals surface area contributed by atoms with E-state index in [1.807, 2.05) is 6.26 Å². The lowest BCUT2D eigenvalue weighted by Gasteiger charge is -2.31. The van der Waals surface area contributed by atoms with Gasteiger partial charge in [-0.2, -0.15) is 11.8 Å². The summed E-state index contributed by atoms with van der Waals surface area (Å²) in [5.74, 6) is -0.711. The quantitative estimate of drug-likeness (QED) is 0.608. The third kappa shape index (κ3) is 5.82. The van der Waals surface area contributed by atoms with E-state index in [0.717, 1.165) is 25.7 Å². The molecule has 8 heteroatoms. The Kier molecular flexibility index (Phi) is 7.35. The van der Waals surface area contributed by atoms with Gasteiger partial charge in [0.2, 0.25) is 5.91 Å². The van der Waals surface area contributed by atoms with E-state index in [2.05, 4.69) is 5.32 Å². The van der Waals surface area contributed by atoms with E-state index in [1.165, 1.54) is 4.90 Å². The molecule has 1 fully saturated rings. The van der Waals surface area contributed by atoms with E-state index in [-0.39, 0.29) is 18.5 Å². The first-order valence-electron chi connectivity index (χ1n) is 7.03. The van der Waals surface area contributed by atoms with Crippen LogP contribution >= 0.6 is 11.8 Å². The van der Waals surface area contributed by atoms with Crippen LogP contribution in [0.1, 0.15) is 32.1 Å². The Hall–Kier alpha value is -1.44. The van der Waals surface area contributed by atoms with Crippen LogP contribution in [0.15, 0.2) is 0 Å². The molecule has 1 rings (SSSR count). The number of aliphatic carboxylic acids is 1. The first-order chi connectivity index (χ1) is 9.95. The first kappa shape index (κ1) is 17.6. The molecular weight excluding hydrogens is 294 g/mol. The molecule has 0 aromatic carbocycles. The van der Waals surface area contributed by atoms with Gasteiger partial charge in [-0.15, -0.1) is 0 Å². The minimum absolute atomic E-state index is 0.0555. The van der Waals surface area contributed by atoms with Gasteiger partial charge in [0.25, 0.3) is 0 Å². The lowest BCUT2D eigenvalue weighted by molar-refractivity contribution is -0.147. The summed E-state index contributed by atoms with van der Waals surface area (Å²) in [6, 6.07) is -1.58. The summed E-state index contributed by atoms with van der Waals surface area (Å²) in [6.45, 7) is -0.334. The lowest BCUT2D eigenvalue weighted by atomic mass is 10.1. The van der Waals surface area contributed by atoms with Gasteiger partial charge in [-0.05, 0) is 31.3 Å². The second-order valence-corrected chi connectivity index (χ2v) is 6.13. The molecule has 0 heterocycles. The Morgan fingerprint density at radius 2 is 2.00 bits per heavy atom. The molecule has 21 heavy (non-hydrogen) atoms. The maximum absolute atomic E-state index is 12.6. The molecule has 0 spiro atoms. The molecule has 120 valence electrons. The monoisotopic (exact) mass is 317 g/mol. The minimum Gasteiger partial charge on any atom is -0.480 e. The fourth-order valence-electron chi connectivity index (χ4n) is 2.61. The zero-order valence-electron chi connectivity index (χ0n) is 12.2. The Bertz CT molecular complexity index is 386. The average Bonchev–Trinajstić information content (AvgIpc) is 2.93. The van der Waals surface area contributed by atoms with E-state index in [9.17, 15) is 14.4 Å². The second-order valence-electron chi connectivity index (χ2n) is 5.14. The van der Waals surface area contributed by atoms with Gasteiger partial charge in [-0.1, -0.05) is 12.8 Å². The van der Waals surface area contributed by atoms with Crippen molar-refractivity contribution in [3.8, 4) is 0 Å². The highest BCUT2D eigenvalue weighted by molar-refractivity contribution is 7.98. The highest BCUT2D eigenvalue weighted by Crippen LogP contribution is 2.24. The Morgan fingerprint density at radius 1 is 1.38 bits per heavy atom. The SMILES string of the molecule is CSCCC(NC(N)=O)C(=O)N(CC(=O)O)C1CCCC1. The summed E-state index contributed by atoms with van der Waals surface area (Å²) in [5, 5.41) is 11.5. The number of primary amides is 1. The molecule has 0 radical (unpaired) electrons. The fourth-order valence-corrected chi connectivity index (χ4v) is 3.08. The second kappa shape index (κ2) is 8.76. The molecule has 1 aliphatic rings. The number of carboxylic acid groups (broad SMARTS) is 1. The number of hydrogen-bond donors (Lipinski definition) is 3. The lowest BCUT2D eigenvalue weighted by Crippen LogP contribution is -2.54. The third-order valence-corrected chi connectivity index (χ3v) is 4.22. The summed E-state index contributed by atoms with van der Waals surface area (Å²) in [6.07, 6.45) is 5.94. The van der Waals surface area contributed by atoms with E-state index in [1.54, 1.807) is 11.8 Å². The zero-order chi connectivity index (χ0) is 15.8. The molecule has 0 bridgehead atoms. The van der Waals surface area contributed by atoms with Gasteiger partial charge in [0.1, 0.15) is 12.6 Å². The maximum Gasteiger partial charge on any atom is 0.323 e. The smallest absolute Gasteiger partial charge is 0.323 e. The van der Waals surface area contributed by atoms with Gasteiger partial charge in [0, 0.05) is 6.04 Å². The fraction of sp³-hybridized carbons (Fsp3) is 0.769. The summed E-state index contributed by atoms with van der Waals surface area (Å²) in [7, 11) is 0. The number of carbonyl (C=O) groups excluding carboxylic acids is 2. The van der Waals surface area contributed by atoms with Crippen molar-refractivity contribution in [3.05, 3.63) is 0 Å². The van der Waals surface area contributed by atoms with Crippen LogP contribution in [-0.4, -0.2) is 58.6 Å². The molecule has 7 nitrogen and oxygen atoms in total.